The van der Waals surface area contributed by atoms with Crippen molar-refractivity contribution in [2.45, 2.75) is 57.0 Å². The number of unbranched alkanes of at least 4 members (excludes halogenated alkanes) is 2. The van der Waals surface area contributed by atoms with Crippen molar-refractivity contribution in [3.05, 3.63) is 101 Å². The molecule has 0 bridgehead atoms. The van der Waals surface area contributed by atoms with Crippen molar-refractivity contribution in [1.29, 1.82) is 0 Å². The molecule has 3 aliphatic rings. The Kier molecular flexibility index (Phi) is 6.21. The maximum absolute atomic E-state index is 14.5. The molecule has 39 heavy (non-hydrogen) atoms. The fourth-order valence-corrected chi connectivity index (χ4v) is 6.90. The minimum Gasteiger partial charge on any atom is -0.352 e. The van der Waals surface area contributed by atoms with E-state index in [2.05, 4.69) is 12.2 Å². The minimum atomic E-state index is -1.33. The number of ketones is 2. The van der Waals surface area contributed by atoms with Gasteiger partial charge < -0.3 is 10.2 Å². The van der Waals surface area contributed by atoms with Gasteiger partial charge in [-0.2, -0.15) is 0 Å². The molecular formula is C33H31FN2O3. The van der Waals surface area contributed by atoms with Gasteiger partial charge in [0, 0.05) is 22.5 Å². The van der Waals surface area contributed by atoms with Crippen molar-refractivity contribution in [1.82, 2.24) is 0 Å². The molecule has 3 aromatic rings. The van der Waals surface area contributed by atoms with E-state index >= 15 is 0 Å². The second-order valence-corrected chi connectivity index (χ2v) is 10.8. The molecule has 6 heteroatoms. The summed E-state index contributed by atoms with van der Waals surface area (Å²) >= 11 is 0. The molecule has 5 nitrogen and oxygen atoms in total. The number of Topliss-reactive ketones (excluding diaryl/α,β-unsaturated/α-hetero) is 2. The quantitative estimate of drug-likeness (QED) is 0.300. The number of carbonyl (C=O) groups excluding carboxylic acids is 3. The Bertz CT molecular complexity index is 1510. The highest BCUT2D eigenvalue weighted by molar-refractivity contribution is 6.16. The standard InChI is InChI=1S/C33H31FN2O3/c1-3-4-5-8-21-11-13-22(14-12-21)31(38)29-30(20(2)37)36-27-17-16-24(34)19-23(27)15-18-28(36)33(29)25-9-6-7-10-26(25)35-32(33)39/h6-7,9-19,28-30H,3-5,8H2,1-2H3,(H,35,39)/t28-,29+,30-,33-/m1/s1. The normalized spacial score (nSPS) is 24.3. The Hall–Kier alpha value is -4.06. The Morgan fingerprint density at radius 1 is 1.03 bits per heavy atom. The van der Waals surface area contributed by atoms with Crippen LogP contribution in [0.5, 0.6) is 0 Å². The monoisotopic (exact) mass is 522 g/mol. The largest absolute Gasteiger partial charge is 0.352 e. The van der Waals surface area contributed by atoms with Crippen LogP contribution in [0.25, 0.3) is 6.08 Å². The first-order chi connectivity index (χ1) is 18.9. The number of nitrogens with one attached hydrogen (secondary N) is 1. The number of amides is 1. The van der Waals surface area contributed by atoms with Gasteiger partial charge in [0.15, 0.2) is 11.6 Å². The van der Waals surface area contributed by atoms with E-state index in [9.17, 15) is 18.8 Å². The Morgan fingerprint density at radius 3 is 2.54 bits per heavy atom. The summed E-state index contributed by atoms with van der Waals surface area (Å²) in [5, 5.41) is 3.01. The average Bonchev–Trinajstić information content (AvgIpc) is 3.41. The first-order valence-corrected chi connectivity index (χ1v) is 13.7. The second-order valence-electron chi connectivity index (χ2n) is 10.8. The van der Waals surface area contributed by atoms with Crippen LogP contribution < -0.4 is 10.2 Å². The zero-order chi connectivity index (χ0) is 27.3. The lowest BCUT2D eigenvalue weighted by Crippen LogP contribution is -2.51. The van der Waals surface area contributed by atoms with Gasteiger partial charge in [-0.05, 0) is 55.2 Å². The number of hydrogen-bond acceptors (Lipinski definition) is 4. The van der Waals surface area contributed by atoms with Gasteiger partial charge in [-0.1, -0.05) is 74.4 Å². The van der Waals surface area contributed by atoms with E-state index in [1.807, 2.05) is 59.5 Å². The number of nitrogens with zero attached hydrogens (tertiary/aromatic N) is 1. The summed E-state index contributed by atoms with van der Waals surface area (Å²) < 4.78 is 14.2. The predicted molar refractivity (Wildman–Crippen MR) is 150 cm³/mol. The molecule has 0 unspecified atom stereocenters. The topological polar surface area (TPSA) is 66.5 Å². The Labute approximate surface area is 227 Å². The first kappa shape index (κ1) is 25.2. The number of rotatable bonds is 7. The number of aryl methyl sites for hydroxylation is 1. The minimum absolute atomic E-state index is 0.214. The van der Waals surface area contributed by atoms with Crippen molar-refractivity contribution in [2.24, 2.45) is 5.92 Å². The highest BCUT2D eigenvalue weighted by atomic mass is 19.1. The Morgan fingerprint density at radius 2 is 1.79 bits per heavy atom. The molecule has 0 saturated carbocycles. The maximum atomic E-state index is 14.5. The van der Waals surface area contributed by atoms with Gasteiger partial charge in [-0.3, -0.25) is 14.4 Å². The molecule has 3 aliphatic heterocycles. The lowest BCUT2D eigenvalue weighted by molar-refractivity contribution is -0.122. The van der Waals surface area contributed by atoms with Gasteiger partial charge in [0.25, 0.3) is 0 Å². The van der Waals surface area contributed by atoms with Gasteiger partial charge in [0.2, 0.25) is 5.91 Å². The van der Waals surface area contributed by atoms with E-state index in [0.717, 1.165) is 31.2 Å². The van der Waals surface area contributed by atoms with Crippen LogP contribution in [-0.2, 0) is 21.4 Å². The molecule has 0 radical (unpaired) electrons. The van der Waals surface area contributed by atoms with Crippen LogP contribution >= 0.6 is 0 Å². The fourth-order valence-electron chi connectivity index (χ4n) is 6.90. The number of carbonyl (C=O) groups is 3. The van der Waals surface area contributed by atoms with E-state index in [-0.39, 0.29) is 23.3 Å². The molecular weight excluding hydrogens is 491 g/mol. The predicted octanol–water partition coefficient (Wildman–Crippen LogP) is 6.12. The number of benzene rings is 3. The van der Waals surface area contributed by atoms with Gasteiger partial charge in [0.05, 0.1) is 18.0 Å². The zero-order valence-electron chi connectivity index (χ0n) is 22.1. The smallest absolute Gasteiger partial charge is 0.238 e. The summed E-state index contributed by atoms with van der Waals surface area (Å²) in [5.41, 5.74) is 2.92. The number of anilines is 2. The molecule has 1 saturated heterocycles. The van der Waals surface area contributed by atoms with Crippen molar-refractivity contribution in [3.8, 4) is 0 Å². The molecule has 3 aromatic carbocycles. The van der Waals surface area contributed by atoms with Crippen LogP contribution in [0.4, 0.5) is 15.8 Å². The van der Waals surface area contributed by atoms with Gasteiger partial charge >= 0.3 is 0 Å². The lowest BCUT2D eigenvalue weighted by Gasteiger charge is -2.37. The lowest BCUT2D eigenvalue weighted by atomic mass is 9.64. The second kappa shape index (κ2) is 9.60. The van der Waals surface area contributed by atoms with Crippen LogP contribution in [-0.4, -0.2) is 29.6 Å². The molecule has 4 atom stereocenters. The van der Waals surface area contributed by atoms with Crippen LogP contribution in [0.15, 0.2) is 72.8 Å². The molecule has 1 amide bonds. The number of fused-ring (bicyclic) bond motifs is 6. The highest BCUT2D eigenvalue weighted by Crippen LogP contribution is 2.57. The van der Waals surface area contributed by atoms with Crippen LogP contribution in [0.2, 0.25) is 0 Å². The summed E-state index contributed by atoms with van der Waals surface area (Å²) in [5.74, 6) is -2.12. The zero-order valence-corrected chi connectivity index (χ0v) is 22.1. The average molecular weight is 523 g/mol. The van der Waals surface area contributed by atoms with Gasteiger partial charge in [-0.25, -0.2) is 4.39 Å². The van der Waals surface area contributed by atoms with E-state index in [1.165, 1.54) is 19.1 Å². The molecule has 0 aromatic heterocycles. The maximum Gasteiger partial charge on any atom is 0.238 e. The molecule has 198 valence electrons. The van der Waals surface area contributed by atoms with E-state index in [4.69, 9.17) is 0 Å². The summed E-state index contributed by atoms with van der Waals surface area (Å²) in [4.78, 5) is 43.9. The van der Waals surface area contributed by atoms with Gasteiger partial charge in [0.1, 0.15) is 11.2 Å². The first-order valence-electron chi connectivity index (χ1n) is 13.7. The summed E-state index contributed by atoms with van der Waals surface area (Å²) in [6.07, 6.45) is 7.96. The summed E-state index contributed by atoms with van der Waals surface area (Å²) in [6, 6.07) is 17.9. The van der Waals surface area contributed by atoms with Crippen LogP contribution in [0.1, 0.15) is 60.2 Å². The van der Waals surface area contributed by atoms with Crippen molar-refractivity contribution < 1.29 is 18.8 Å². The van der Waals surface area contributed by atoms with Crippen molar-refractivity contribution >= 4 is 34.9 Å². The third kappa shape index (κ3) is 3.76. The molecule has 1 N–H and O–H groups in total. The van der Waals surface area contributed by atoms with E-state index in [1.54, 1.807) is 12.1 Å². The van der Waals surface area contributed by atoms with Crippen molar-refractivity contribution in [2.75, 3.05) is 10.2 Å². The molecule has 0 aliphatic carbocycles. The summed E-state index contributed by atoms with van der Waals surface area (Å²) in [7, 11) is 0. The molecule has 1 fully saturated rings. The molecule has 6 rings (SSSR count). The van der Waals surface area contributed by atoms with E-state index < -0.39 is 23.4 Å². The number of para-hydroxylation sites is 1. The molecule has 3 heterocycles. The van der Waals surface area contributed by atoms with Crippen molar-refractivity contribution in [3.63, 3.8) is 0 Å². The van der Waals surface area contributed by atoms with Crippen LogP contribution in [0.3, 0.4) is 0 Å². The fraction of sp³-hybridized carbons (Fsp3) is 0.303. The third-order valence-electron chi connectivity index (χ3n) is 8.60. The SMILES string of the molecule is CCCCCc1ccc(C(=O)[C@@H]2[C@@H](C(C)=O)N3c4ccc(F)cc4C=C[C@@H]3[C@@]23C(=O)Nc2ccccc23)cc1. The number of hydrogen-bond donors (Lipinski definition) is 1. The highest BCUT2D eigenvalue weighted by Gasteiger charge is 2.69. The summed E-state index contributed by atoms with van der Waals surface area (Å²) in [6.45, 7) is 3.64. The number of halogens is 1. The van der Waals surface area contributed by atoms with Crippen LogP contribution in [0, 0.1) is 11.7 Å². The third-order valence-corrected chi connectivity index (χ3v) is 8.60. The Balaban J connectivity index is 1.52. The van der Waals surface area contributed by atoms with E-state index in [0.29, 0.717) is 28.1 Å². The molecule has 1 spiro atoms. The van der Waals surface area contributed by atoms with Gasteiger partial charge in [-0.15, -0.1) is 0 Å².